The van der Waals surface area contributed by atoms with Crippen LogP contribution in [-0.2, 0) is 26.0 Å². The van der Waals surface area contributed by atoms with Crippen molar-refractivity contribution < 1.29 is 27.9 Å². The Morgan fingerprint density at radius 2 is 1.93 bits per heavy atom. The Bertz CT molecular complexity index is 792. The van der Waals surface area contributed by atoms with Gasteiger partial charge in [0.05, 0.1) is 5.75 Å². The lowest BCUT2D eigenvalue weighted by Crippen LogP contribution is -2.53. The largest absolute Gasteiger partial charge is 0.480 e. The number of carbonyl (C=O) groups excluding carboxylic acids is 1. The van der Waals surface area contributed by atoms with E-state index in [9.17, 15) is 23.1 Å². The third kappa shape index (κ3) is 4.24. The summed E-state index contributed by atoms with van der Waals surface area (Å²) in [6.45, 7) is 1.75. The maximum absolute atomic E-state index is 13.0. The van der Waals surface area contributed by atoms with Gasteiger partial charge >= 0.3 is 5.97 Å². The zero-order chi connectivity index (χ0) is 19.6. The smallest absolute Gasteiger partial charge is 0.323 e. The lowest BCUT2D eigenvalue weighted by molar-refractivity contribution is -0.150. The third-order valence-electron chi connectivity index (χ3n) is 5.13. The minimum absolute atomic E-state index is 0.0314. The van der Waals surface area contributed by atoms with Crippen LogP contribution in [0.3, 0.4) is 0 Å². The fourth-order valence-electron chi connectivity index (χ4n) is 3.65. The van der Waals surface area contributed by atoms with Crippen LogP contribution < -0.4 is 4.74 Å². The molecule has 2 aliphatic rings. The molecule has 0 aromatic heterocycles. The van der Waals surface area contributed by atoms with Crippen LogP contribution in [0.2, 0.25) is 0 Å². The van der Waals surface area contributed by atoms with E-state index < -0.39 is 28.6 Å². The van der Waals surface area contributed by atoms with Crippen molar-refractivity contribution in [2.75, 3.05) is 25.4 Å². The topological polar surface area (TPSA) is 104 Å². The number of hydrogen-bond donors (Lipinski definition) is 1. The van der Waals surface area contributed by atoms with Crippen molar-refractivity contribution >= 4 is 21.9 Å². The number of sulfonamides is 1. The minimum atomic E-state index is -3.28. The molecule has 3 rings (SSSR count). The molecule has 1 unspecified atom stereocenters. The molecular weight excluding hydrogens is 372 g/mol. The second-order valence-corrected chi connectivity index (χ2v) is 9.07. The van der Waals surface area contributed by atoms with Gasteiger partial charge in [-0.3, -0.25) is 9.59 Å². The third-order valence-corrected chi connectivity index (χ3v) is 7.02. The van der Waals surface area contributed by atoms with Crippen LogP contribution in [0.1, 0.15) is 25.3 Å². The second kappa shape index (κ2) is 7.85. The Balaban J connectivity index is 1.70. The van der Waals surface area contributed by atoms with Crippen molar-refractivity contribution in [1.29, 1.82) is 0 Å². The Labute approximate surface area is 158 Å². The quantitative estimate of drug-likeness (QED) is 0.760. The van der Waals surface area contributed by atoms with E-state index in [1.807, 2.05) is 18.2 Å². The average Bonchev–Trinajstić information content (AvgIpc) is 3.10. The first-order valence-corrected chi connectivity index (χ1v) is 10.7. The molecule has 1 N–H and O–H groups in total. The number of hydrogen-bond acceptors (Lipinski definition) is 5. The van der Waals surface area contributed by atoms with Gasteiger partial charge in [-0.25, -0.2) is 12.7 Å². The summed E-state index contributed by atoms with van der Waals surface area (Å²) in [7, 11) is -3.28. The van der Waals surface area contributed by atoms with Gasteiger partial charge in [0.25, 0.3) is 5.91 Å². The summed E-state index contributed by atoms with van der Waals surface area (Å²) >= 11 is 0. The van der Waals surface area contributed by atoms with Crippen LogP contribution in [0.25, 0.3) is 0 Å². The van der Waals surface area contributed by atoms with Crippen molar-refractivity contribution in [3.8, 4) is 5.75 Å². The fraction of sp³-hybridized carbons (Fsp3) is 0.556. The molecule has 0 aliphatic carbocycles. The normalized spacial score (nSPS) is 20.7. The Morgan fingerprint density at radius 3 is 2.52 bits per heavy atom. The number of para-hydroxylation sites is 1. The molecule has 1 saturated heterocycles. The standard InChI is InChI=1S/C18H24N2O6S/c1-2-27(24,25)19-9-7-14(8-10-19)20(12-17(21)22)18(23)16-11-13-5-3-4-6-15(13)26-16/h3-6,14,16H,2,7-12H2,1H3,(H,21,22). The molecule has 1 atom stereocenters. The molecule has 9 heteroatoms. The first-order chi connectivity index (χ1) is 12.8. The van der Waals surface area contributed by atoms with Crippen molar-refractivity contribution in [2.24, 2.45) is 0 Å². The van der Waals surface area contributed by atoms with Gasteiger partial charge in [-0.2, -0.15) is 0 Å². The molecule has 27 heavy (non-hydrogen) atoms. The molecule has 2 aliphatic heterocycles. The molecule has 0 saturated carbocycles. The molecule has 1 amide bonds. The monoisotopic (exact) mass is 396 g/mol. The molecule has 8 nitrogen and oxygen atoms in total. The van der Waals surface area contributed by atoms with E-state index in [1.54, 1.807) is 13.0 Å². The number of rotatable bonds is 6. The molecule has 0 bridgehead atoms. The number of ether oxygens (including phenoxy) is 1. The molecule has 1 aromatic rings. The van der Waals surface area contributed by atoms with E-state index >= 15 is 0 Å². The highest BCUT2D eigenvalue weighted by molar-refractivity contribution is 7.89. The number of carboxylic acid groups (broad SMARTS) is 1. The van der Waals surface area contributed by atoms with E-state index in [1.165, 1.54) is 9.21 Å². The van der Waals surface area contributed by atoms with Crippen LogP contribution in [0.15, 0.2) is 24.3 Å². The van der Waals surface area contributed by atoms with Crippen molar-refractivity contribution in [3.63, 3.8) is 0 Å². The highest BCUT2D eigenvalue weighted by Gasteiger charge is 2.38. The average molecular weight is 396 g/mol. The van der Waals surface area contributed by atoms with E-state index in [0.29, 0.717) is 25.0 Å². The van der Waals surface area contributed by atoms with Gasteiger partial charge in [-0.1, -0.05) is 18.2 Å². The van der Waals surface area contributed by atoms with Gasteiger partial charge in [0.15, 0.2) is 6.10 Å². The Kier molecular flexibility index (Phi) is 5.71. The van der Waals surface area contributed by atoms with Gasteiger partial charge in [-0.05, 0) is 31.4 Å². The van der Waals surface area contributed by atoms with Crippen molar-refractivity contribution in [3.05, 3.63) is 29.8 Å². The number of carboxylic acids is 1. The molecule has 1 aromatic carbocycles. The first-order valence-electron chi connectivity index (χ1n) is 9.06. The van der Waals surface area contributed by atoms with Gasteiger partial charge in [-0.15, -0.1) is 0 Å². The van der Waals surface area contributed by atoms with Crippen LogP contribution in [0.5, 0.6) is 5.75 Å². The predicted octanol–water partition coefficient (Wildman–Crippen LogP) is 0.717. The summed E-state index contributed by atoms with van der Waals surface area (Å²) in [5.74, 6) is -0.772. The molecule has 1 fully saturated rings. The summed E-state index contributed by atoms with van der Waals surface area (Å²) in [5.41, 5.74) is 0.926. The summed E-state index contributed by atoms with van der Waals surface area (Å²) < 4.78 is 31.2. The number of carbonyl (C=O) groups is 2. The van der Waals surface area contributed by atoms with Gasteiger partial charge < -0.3 is 14.7 Å². The minimum Gasteiger partial charge on any atom is -0.480 e. The number of benzene rings is 1. The molecule has 0 spiro atoms. The summed E-state index contributed by atoms with van der Waals surface area (Å²) in [4.78, 5) is 25.7. The molecule has 2 heterocycles. The number of piperidine rings is 1. The summed E-state index contributed by atoms with van der Waals surface area (Å²) in [6, 6.07) is 7.05. The van der Waals surface area contributed by atoms with Gasteiger partial charge in [0.1, 0.15) is 12.3 Å². The fourth-order valence-corrected chi connectivity index (χ4v) is 4.78. The Morgan fingerprint density at radius 1 is 1.26 bits per heavy atom. The maximum Gasteiger partial charge on any atom is 0.323 e. The summed E-state index contributed by atoms with van der Waals surface area (Å²) in [5, 5.41) is 9.26. The van der Waals surface area contributed by atoms with E-state index in [4.69, 9.17) is 4.74 Å². The second-order valence-electron chi connectivity index (χ2n) is 6.81. The summed E-state index contributed by atoms with van der Waals surface area (Å²) in [6.07, 6.45) is 0.503. The van der Waals surface area contributed by atoms with E-state index in [-0.39, 0.29) is 30.8 Å². The van der Waals surface area contributed by atoms with Gasteiger partial charge in [0.2, 0.25) is 10.0 Å². The highest BCUT2D eigenvalue weighted by Crippen LogP contribution is 2.30. The number of nitrogens with zero attached hydrogens (tertiary/aromatic N) is 2. The van der Waals surface area contributed by atoms with Crippen LogP contribution >= 0.6 is 0 Å². The maximum atomic E-state index is 13.0. The molecule has 148 valence electrons. The van der Waals surface area contributed by atoms with E-state index in [0.717, 1.165) is 5.56 Å². The number of fused-ring (bicyclic) bond motifs is 1. The lowest BCUT2D eigenvalue weighted by atomic mass is 10.0. The lowest BCUT2D eigenvalue weighted by Gasteiger charge is -2.38. The zero-order valence-electron chi connectivity index (χ0n) is 15.2. The van der Waals surface area contributed by atoms with Crippen LogP contribution in [0, 0.1) is 0 Å². The molecular formula is C18H24N2O6S. The zero-order valence-corrected chi connectivity index (χ0v) is 16.0. The van der Waals surface area contributed by atoms with Gasteiger partial charge in [0, 0.05) is 25.6 Å². The number of amides is 1. The SMILES string of the molecule is CCS(=O)(=O)N1CCC(N(CC(=O)O)C(=O)C2Cc3ccccc3O2)CC1. The van der Waals surface area contributed by atoms with E-state index in [2.05, 4.69) is 0 Å². The van der Waals surface area contributed by atoms with Crippen molar-refractivity contribution in [2.45, 2.75) is 38.3 Å². The Hall–Kier alpha value is -2.13. The van der Waals surface area contributed by atoms with Crippen LogP contribution in [0.4, 0.5) is 0 Å². The predicted molar refractivity (Wildman–Crippen MR) is 98.0 cm³/mol. The highest BCUT2D eigenvalue weighted by atomic mass is 32.2. The van der Waals surface area contributed by atoms with Crippen LogP contribution in [-0.4, -0.2) is 72.1 Å². The first kappa shape index (κ1) is 19.6. The molecule has 0 radical (unpaired) electrons. The van der Waals surface area contributed by atoms with Crippen molar-refractivity contribution in [1.82, 2.24) is 9.21 Å². The number of aliphatic carboxylic acids is 1.